The summed E-state index contributed by atoms with van der Waals surface area (Å²) >= 11 is 0. The number of hydrogen-bond acceptors (Lipinski definition) is 2. The summed E-state index contributed by atoms with van der Waals surface area (Å²) in [6.07, 6.45) is 3.94. The predicted molar refractivity (Wildman–Crippen MR) is 85.7 cm³/mol. The first-order valence-electron chi connectivity index (χ1n) is 7.45. The number of carbonyl (C=O) groups is 2. The van der Waals surface area contributed by atoms with Crippen molar-refractivity contribution in [2.75, 3.05) is 6.54 Å². The minimum atomic E-state index is -0.938. The maximum absolute atomic E-state index is 11.8. The summed E-state index contributed by atoms with van der Waals surface area (Å²) in [6, 6.07) is 8.08. The second-order valence-electron chi connectivity index (χ2n) is 6.18. The molecule has 0 aliphatic heterocycles. The number of carboxylic acids is 1. The minimum absolute atomic E-state index is 0.103. The molecule has 0 aliphatic carbocycles. The molecule has 0 spiro atoms. The number of hydrogen-bond donors (Lipinski definition) is 3. The van der Waals surface area contributed by atoms with Crippen molar-refractivity contribution in [3.8, 4) is 0 Å². The van der Waals surface area contributed by atoms with Gasteiger partial charge in [0.15, 0.2) is 0 Å². The maximum atomic E-state index is 11.8. The standard InChI is InChI=1S/C17H22N2O3/c1-17(2,16(21)22)11-19-15(20)9-5-6-12-10-18-14-8-4-3-7-13(12)14/h3-4,7-8,10,18H,5-6,9,11H2,1-2H3,(H,19,20)(H,21,22). The Morgan fingerprint density at radius 3 is 2.73 bits per heavy atom. The number of carboxylic acid groups (broad SMARTS) is 1. The fourth-order valence-electron chi connectivity index (χ4n) is 2.26. The van der Waals surface area contributed by atoms with Gasteiger partial charge in [0.1, 0.15) is 0 Å². The van der Waals surface area contributed by atoms with Crippen molar-refractivity contribution in [1.29, 1.82) is 0 Å². The molecule has 0 unspecified atom stereocenters. The van der Waals surface area contributed by atoms with Gasteiger partial charge in [0.25, 0.3) is 0 Å². The zero-order valence-corrected chi connectivity index (χ0v) is 13.0. The van der Waals surface area contributed by atoms with E-state index in [4.69, 9.17) is 5.11 Å². The number of rotatable bonds is 7. The second-order valence-corrected chi connectivity index (χ2v) is 6.18. The van der Waals surface area contributed by atoms with Gasteiger partial charge in [-0.15, -0.1) is 0 Å². The van der Waals surface area contributed by atoms with E-state index in [1.54, 1.807) is 13.8 Å². The highest BCUT2D eigenvalue weighted by molar-refractivity contribution is 5.83. The zero-order chi connectivity index (χ0) is 16.2. The van der Waals surface area contributed by atoms with E-state index in [0.29, 0.717) is 6.42 Å². The molecule has 0 fully saturated rings. The minimum Gasteiger partial charge on any atom is -0.481 e. The fourth-order valence-corrected chi connectivity index (χ4v) is 2.26. The molecular formula is C17H22N2O3. The van der Waals surface area contributed by atoms with Crippen LogP contribution in [-0.2, 0) is 16.0 Å². The van der Waals surface area contributed by atoms with Gasteiger partial charge in [-0.2, -0.15) is 0 Å². The molecule has 22 heavy (non-hydrogen) atoms. The van der Waals surface area contributed by atoms with E-state index in [1.807, 2.05) is 24.4 Å². The van der Waals surface area contributed by atoms with Gasteiger partial charge < -0.3 is 15.4 Å². The number of amides is 1. The number of H-pyrrole nitrogens is 1. The molecule has 0 saturated heterocycles. The molecule has 0 radical (unpaired) electrons. The third-order valence-corrected chi connectivity index (χ3v) is 3.83. The Hall–Kier alpha value is -2.30. The number of fused-ring (bicyclic) bond motifs is 1. The zero-order valence-electron chi connectivity index (χ0n) is 13.0. The summed E-state index contributed by atoms with van der Waals surface area (Å²) in [4.78, 5) is 26.0. The molecule has 5 nitrogen and oxygen atoms in total. The summed E-state index contributed by atoms with van der Waals surface area (Å²) in [5.74, 6) is -1.01. The summed E-state index contributed by atoms with van der Waals surface area (Å²) in [7, 11) is 0. The second kappa shape index (κ2) is 6.64. The molecular weight excluding hydrogens is 280 g/mol. The molecule has 1 aromatic heterocycles. The quantitative estimate of drug-likeness (QED) is 0.735. The Bertz CT molecular complexity index is 673. The Balaban J connectivity index is 1.79. The third kappa shape index (κ3) is 3.87. The van der Waals surface area contributed by atoms with Crippen LogP contribution in [0.25, 0.3) is 10.9 Å². The predicted octanol–water partition coefficient (Wildman–Crippen LogP) is 2.72. The van der Waals surface area contributed by atoms with Crippen LogP contribution >= 0.6 is 0 Å². The normalized spacial score (nSPS) is 11.5. The van der Waals surface area contributed by atoms with E-state index in [9.17, 15) is 9.59 Å². The smallest absolute Gasteiger partial charge is 0.310 e. The molecule has 1 heterocycles. The Labute approximate surface area is 129 Å². The van der Waals surface area contributed by atoms with E-state index >= 15 is 0 Å². The molecule has 0 atom stereocenters. The van der Waals surface area contributed by atoms with Crippen LogP contribution in [0.1, 0.15) is 32.3 Å². The average molecular weight is 302 g/mol. The monoisotopic (exact) mass is 302 g/mol. The van der Waals surface area contributed by atoms with Crippen LogP contribution in [0.5, 0.6) is 0 Å². The van der Waals surface area contributed by atoms with Crippen LogP contribution < -0.4 is 5.32 Å². The molecule has 0 saturated carbocycles. The van der Waals surface area contributed by atoms with Crippen LogP contribution in [-0.4, -0.2) is 28.5 Å². The van der Waals surface area contributed by atoms with Crippen LogP contribution in [0.4, 0.5) is 0 Å². The van der Waals surface area contributed by atoms with Gasteiger partial charge >= 0.3 is 5.97 Å². The van der Waals surface area contributed by atoms with E-state index < -0.39 is 11.4 Å². The van der Waals surface area contributed by atoms with Crippen molar-refractivity contribution >= 4 is 22.8 Å². The Morgan fingerprint density at radius 1 is 1.27 bits per heavy atom. The highest BCUT2D eigenvalue weighted by atomic mass is 16.4. The lowest BCUT2D eigenvalue weighted by molar-refractivity contribution is -0.146. The average Bonchev–Trinajstić information content (AvgIpc) is 2.89. The van der Waals surface area contributed by atoms with Gasteiger partial charge in [0.05, 0.1) is 5.41 Å². The number of para-hydroxylation sites is 1. The lowest BCUT2D eigenvalue weighted by Gasteiger charge is -2.19. The van der Waals surface area contributed by atoms with E-state index in [0.717, 1.165) is 18.4 Å². The van der Waals surface area contributed by atoms with Crippen LogP contribution in [0, 0.1) is 5.41 Å². The van der Waals surface area contributed by atoms with Gasteiger partial charge in [0, 0.05) is 30.1 Å². The lowest BCUT2D eigenvalue weighted by Crippen LogP contribution is -2.38. The SMILES string of the molecule is CC(C)(CNC(=O)CCCc1c[nH]c2ccccc12)C(=O)O. The number of aliphatic carboxylic acids is 1. The van der Waals surface area contributed by atoms with Gasteiger partial charge in [-0.05, 0) is 38.3 Å². The van der Waals surface area contributed by atoms with Crippen LogP contribution in [0.3, 0.4) is 0 Å². The molecule has 2 aromatic rings. The Kier molecular flexibility index (Phi) is 4.85. The van der Waals surface area contributed by atoms with Crippen LogP contribution in [0.15, 0.2) is 30.5 Å². The largest absolute Gasteiger partial charge is 0.481 e. The molecule has 1 amide bonds. The van der Waals surface area contributed by atoms with E-state index in [2.05, 4.69) is 16.4 Å². The molecule has 5 heteroatoms. The van der Waals surface area contributed by atoms with E-state index in [-0.39, 0.29) is 12.5 Å². The van der Waals surface area contributed by atoms with Crippen molar-refractivity contribution in [2.24, 2.45) is 5.41 Å². The summed E-state index contributed by atoms with van der Waals surface area (Å²) in [6.45, 7) is 3.34. The number of nitrogens with one attached hydrogen (secondary N) is 2. The first kappa shape index (κ1) is 16.1. The molecule has 0 aliphatic rings. The van der Waals surface area contributed by atoms with Gasteiger partial charge in [0.2, 0.25) is 5.91 Å². The number of benzene rings is 1. The summed E-state index contributed by atoms with van der Waals surface area (Å²) < 4.78 is 0. The van der Waals surface area contributed by atoms with Gasteiger partial charge in [-0.25, -0.2) is 0 Å². The molecule has 3 N–H and O–H groups in total. The van der Waals surface area contributed by atoms with Crippen molar-refractivity contribution < 1.29 is 14.7 Å². The first-order chi connectivity index (χ1) is 10.4. The third-order valence-electron chi connectivity index (χ3n) is 3.83. The molecule has 118 valence electrons. The highest BCUT2D eigenvalue weighted by Crippen LogP contribution is 2.19. The highest BCUT2D eigenvalue weighted by Gasteiger charge is 2.27. The summed E-state index contributed by atoms with van der Waals surface area (Å²) in [5, 5.41) is 12.9. The van der Waals surface area contributed by atoms with Crippen molar-refractivity contribution in [2.45, 2.75) is 33.1 Å². The van der Waals surface area contributed by atoms with Gasteiger partial charge in [-0.1, -0.05) is 18.2 Å². The molecule has 0 bridgehead atoms. The fraction of sp³-hybridized carbons (Fsp3) is 0.412. The molecule has 2 rings (SSSR count). The van der Waals surface area contributed by atoms with Gasteiger partial charge in [-0.3, -0.25) is 9.59 Å². The molecule has 1 aromatic carbocycles. The summed E-state index contributed by atoms with van der Waals surface area (Å²) in [5.41, 5.74) is 1.37. The number of carbonyl (C=O) groups excluding carboxylic acids is 1. The number of aromatic amines is 1. The van der Waals surface area contributed by atoms with E-state index in [1.165, 1.54) is 10.9 Å². The first-order valence-corrected chi connectivity index (χ1v) is 7.45. The number of aryl methyl sites for hydroxylation is 1. The van der Waals surface area contributed by atoms with Crippen molar-refractivity contribution in [1.82, 2.24) is 10.3 Å². The van der Waals surface area contributed by atoms with Crippen molar-refractivity contribution in [3.63, 3.8) is 0 Å². The topological polar surface area (TPSA) is 82.2 Å². The lowest BCUT2D eigenvalue weighted by atomic mass is 9.94. The number of aromatic nitrogens is 1. The maximum Gasteiger partial charge on any atom is 0.310 e. The van der Waals surface area contributed by atoms with Crippen LogP contribution in [0.2, 0.25) is 0 Å². The van der Waals surface area contributed by atoms with Crippen molar-refractivity contribution in [3.05, 3.63) is 36.0 Å². The Morgan fingerprint density at radius 2 is 2.00 bits per heavy atom.